The molecular formula is C18H23F2IN4O3. The predicted octanol–water partition coefficient (Wildman–Crippen LogP) is 1.43. The maximum Gasteiger partial charge on any atom is 0.343 e. The Bertz CT molecular complexity index is 753. The van der Waals surface area contributed by atoms with Crippen LogP contribution in [0.15, 0.2) is 17.8 Å². The highest BCUT2D eigenvalue weighted by molar-refractivity contribution is 14.1. The number of Topliss-reactive ketones (excluding diaryl/α,β-unsaturated/α-hetero) is 1. The molecule has 0 radical (unpaired) electrons. The van der Waals surface area contributed by atoms with E-state index in [1.54, 1.807) is 29.5 Å². The van der Waals surface area contributed by atoms with E-state index in [9.17, 15) is 18.4 Å². The quantitative estimate of drug-likeness (QED) is 0.0833. The van der Waals surface area contributed by atoms with Gasteiger partial charge in [0.15, 0.2) is 0 Å². The summed E-state index contributed by atoms with van der Waals surface area (Å²) in [5, 5.41) is 2.92. The molecular weight excluding hydrogens is 485 g/mol. The summed E-state index contributed by atoms with van der Waals surface area (Å²) in [6, 6.07) is 1.03. The lowest BCUT2D eigenvalue weighted by atomic mass is 10.1. The van der Waals surface area contributed by atoms with Crippen LogP contribution in [0, 0.1) is 15.5 Å². The maximum atomic E-state index is 14.0. The third kappa shape index (κ3) is 6.17. The van der Waals surface area contributed by atoms with E-state index in [1.165, 1.54) is 6.20 Å². The second-order valence-corrected chi connectivity index (χ2v) is 7.47. The SMILES string of the molecule is CCOC(=O)C(=CNCCN1CCN(C)CC1)C(=O)c1cc(I)c(F)nc1F. The zero-order chi connectivity index (χ0) is 20.7. The van der Waals surface area contributed by atoms with Gasteiger partial charge in [0, 0.05) is 45.5 Å². The van der Waals surface area contributed by atoms with E-state index < -0.39 is 29.2 Å². The number of halogens is 3. The minimum Gasteiger partial charge on any atom is -0.462 e. The molecule has 0 bridgehead atoms. The Hall–Kier alpha value is -1.66. The number of carbonyl (C=O) groups excluding carboxylic acids is 2. The number of carbonyl (C=O) groups is 2. The predicted molar refractivity (Wildman–Crippen MR) is 108 cm³/mol. The van der Waals surface area contributed by atoms with Crippen LogP contribution in [-0.2, 0) is 9.53 Å². The monoisotopic (exact) mass is 508 g/mol. The Morgan fingerprint density at radius 3 is 2.61 bits per heavy atom. The van der Waals surface area contributed by atoms with Crippen molar-refractivity contribution in [2.24, 2.45) is 0 Å². The average molecular weight is 508 g/mol. The Morgan fingerprint density at radius 2 is 1.96 bits per heavy atom. The lowest BCUT2D eigenvalue weighted by molar-refractivity contribution is -0.138. The van der Waals surface area contributed by atoms with Crippen LogP contribution in [0.1, 0.15) is 17.3 Å². The summed E-state index contributed by atoms with van der Waals surface area (Å²) in [6.07, 6.45) is 1.23. The van der Waals surface area contributed by atoms with Gasteiger partial charge in [0.1, 0.15) is 5.57 Å². The number of pyridine rings is 1. The van der Waals surface area contributed by atoms with E-state index in [0.717, 1.165) is 38.8 Å². The third-order valence-corrected chi connectivity index (χ3v) is 5.04. The highest BCUT2D eigenvalue weighted by atomic mass is 127. The molecule has 1 saturated heterocycles. The number of ether oxygens (including phenoxy) is 1. The van der Waals surface area contributed by atoms with Crippen LogP contribution in [0.5, 0.6) is 0 Å². The number of nitrogens with one attached hydrogen (secondary N) is 1. The van der Waals surface area contributed by atoms with Crippen LogP contribution in [0.3, 0.4) is 0 Å². The zero-order valence-electron chi connectivity index (χ0n) is 15.8. The second kappa shape index (κ2) is 10.8. The molecule has 28 heavy (non-hydrogen) atoms. The molecule has 1 aromatic heterocycles. The van der Waals surface area contributed by atoms with Crippen LogP contribution >= 0.6 is 22.6 Å². The Labute approximate surface area is 176 Å². The largest absolute Gasteiger partial charge is 0.462 e. The second-order valence-electron chi connectivity index (χ2n) is 6.31. The molecule has 0 unspecified atom stereocenters. The van der Waals surface area contributed by atoms with Crippen molar-refractivity contribution in [2.75, 3.05) is 52.9 Å². The van der Waals surface area contributed by atoms with Crippen LogP contribution in [0.25, 0.3) is 0 Å². The number of rotatable bonds is 8. The summed E-state index contributed by atoms with van der Waals surface area (Å²) in [6.45, 7) is 6.75. The van der Waals surface area contributed by atoms with Gasteiger partial charge in [-0.25, -0.2) is 4.79 Å². The summed E-state index contributed by atoms with van der Waals surface area (Å²) in [5.74, 6) is -4.07. The fraction of sp³-hybridized carbons (Fsp3) is 0.500. The molecule has 2 heterocycles. The minimum absolute atomic E-state index is 0.0198. The summed E-state index contributed by atoms with van der Waals surface area (Å²) in [7, 11) is 2.07. The summed E-state index contributed by atoms with van der Waals surface area (Å²) >= 11 is 1.60. The molecule has 1 aromatic rings. The Kier molecular flexibility index (Phi) is 8.70. The van der Waals surface area contributed by atoms with Gasteiger partial charge in [-0.2, -0.15) is 13.8 Å². The van der Waals surface area contributed by atoms with Gasteiger partial charge in [0.2, 0.25) is 17.7 Å². The highest BCUT2D eigenvalue weighted by Gasteiger charge is 2.26. The smallest absolute Gasteiger partial charge is 0.343 e. The molecule has 0 aliphatic carbocycles. The first kappa shape index (κ1) is 22.6. The van der Waals surface area contributed by atoms with Gasteiger partial charge in [-0.05, 0) is 42.6 Å². The molecule has 0 amide bonds. The molecule has 0 saturated carbocycles. The summed E-state index contributed by atoms with van der Waals surface area (Å²) in [4.78, 5) is 32.4. The molecule has 1 aliphatic rings. The van der Waals surface area contributed by atoms with Crippen molar-refractivity contribution in [3.8, 4) is 0 Å². The molecule has 10 heteroatoms. The molecule has 154 valence electrons. The molecule has 0 aromatic carbocycles. The Morgan fingerprint density at radius 1 is 1.29 bits per heavy atom. The van der Waals surface area contributed by atoms with Crippen molar-refractivity contribution >= 4 is 34.3 Å². The number of piperazine rings is 1. The van der Waals surface area contributed by atoms with Crippen molar-refractivity contribution in [2.45, 2.75) is 6.92 Å². The number of aromatic nitrogens is 1. The van der Waals surface area contributed by atoms with Crippen LogP contribution in [0.4, 0.5) is 8.78 Å². The third-order valence-electron chi connectivity index (χ3n) is 4.29. The Balaban J connectivity index is 2.08. The standard InChI is InChI=1S/C18H23F2IN4O3/c1-3-28-18(27)13(11-22-4-5-25-8-6-24(2)7-9-25)15(26)12-10-14(21)17(20)23-16(12)19/h10-11,22H,3-9H2,1-2H3. The van der Waals surface area contributed by atoms with Gasteiger partial charge < -0.3 is 15.0 Å². The number of esters is 1. The van der Waals surface area contributed by atoms with E-state index in [-0.39, 0.29) is 15.8 Å². The lowest BCUT2D eigenvalue weighted by Gasteiger charge is -2.32. The molecule has 0 atom stereocenters. The van der Waals surface area contributed by atoms with Gasteiger partial charge >= 0.3 is 5.97 Å². The normalized spacial score (nSPS) is 16.1. The van der Waals surface area contributed by atoms with Gasteiger partial charge in [0.05, 0.1) is 15.7 Å². The van der Waals surface area contributed by atoms with Crippen LogP contribution in [0.2, 0.25) is 0 Å². The van der Waals surface area contributed by atoms with Gasteiger partial charge in [-0.1, -0.05) is 0 Å². The van der Waals surface area contributed by atoms with E-state index in [2.05, 4.69) is 27.1 Å². The maximum absolute atomic E-state index is 14.0. The minimum atomic E-state index is -1.27. The average Bonchev–Trinajstić information content (AvgIpc) is 2.66. The fourth-order valence-electron chi connectivity index (χ4n) is 2.64. The first-order chi connectivity index (χ1) is 13.3. The number of hydrogen-bond acceptors (Lipinski definition) is 7. The van der Waals surface area contributed by atoms with Crippen molar-refractivity contribution in [3.05, 3.63) is 38.9 Å². The molecule has 7 nitrogen and oxygen atoms in total. The number of ketones is 1. The zero-order valence-corrected chi connectivity index (χ0v) is 18.0. The van der Waals surface area contributed by atoms with Crippen LogP contribution in [-0.4, -0.2) is 79.5 Å². The van der Waals surface area contributed by atoms with E-state index in [1.807, 2.05) is 0 Å². The van der Waals surface area contributed by atoms with Crippen molar-refractivity contribution < 1.29 is 23.1 Å². The molecule has 2 rings (SSSR count). The van der Waals surface area contributed by atoms with E-state index >= 15 is 0 Å². The van der Waals surface area contributed by atoms with Gasteiger partial charge in [-0.3, -0.25) is 9.69 Å². The first-order valence-electron chi connectivity index (χ1n) is 8.91. The fourth-order valence-corrected chi connectivity index (χ4v) is 3.08. The first-order valence-corrected chi connectivity index (χ1v) is 9.99. The van der Waals surface area contributed by atoms with E-state index in [0.29, 0.717) is 6.54 Å². The molecule has 0 spiro atoms. The van der Waals surface area contributed by atoms with E-state index in [4.69, 9.17) is 4.74 Å². The topological polar surface area (TPSA) is 74.8 Å². The molecule has 1 aliphatic heterocycles. The molecule has 1 fully saturated rings. The number of likely N-dealkylation sites (N-methyl/N-ethyl adjacent to an activating group) is 1. The van der Waals surface area contributed by atoms with Gasteiger partial charge in [0.25, 0.3) is 0 Å². The summed E-state index contributed by atoms with van der Waals surface area (Å²) in [5.41, 5.74) is -0.839. The van der Waals surface area contributed by atoms with Crippen molar-refractivity contribution in [1.29, 1.82) is 0 Å². The summed E-state index contributed by atoms with van der Waals surface area (Å²) < 4.78 is 32.2. The number of nitrogens with zero attached hydrogens (tertiary/aromatic N) is 3. The lowest BCUT2D eigenvalue weighted by Crippen LogP contribution is -2.46. The van der Waals surface area contributed by atoms with Crippen molar-refractivity contribution in [3.63, 3.8) is 0 Å². The van der Waals surface area contributed by atoms with Crippen molar-refractivity contribution in [1.82, 2.24) is 20.1 Å². The molecule has 1 N–H and O–H groups in total. The van der Waals surface area contributed by atoms with Crippen LogP contribution < -0.4 is 5.32 Å². The highest BCUT2D eigenvalue weighted by Crippen LogP contribution is 2.17. The number of hydrogen-bond donors (Lipinski definition) is 1. The van der Waals surface area contributed by atoms with Gasteiger partial charge in [-0.15, -0.1) is 0 Å².